The standard InChI is InChI=1S/2C10H8O.O2S/c2*11-10-7-3-5-8-4-1-2-6-9(8)10;1-3-2/h2*1-7,11H;. The molecule has 0 bridgehead atoms. The average Bonchev–Trinajstić information content (AvgIpc) is 2.64. The highest BCUT2D eigenvalue weighted by atomic mass is 32.1. The number of fused-ring (bicyclic) bond motifs is 2. The van der Waals surface area contributed by atoms with Crippen LogP contribution < -0.4 is 0 Å². The normalized spacial score (nSPS) is 9.44. The summed E-state index contributed by atoms with van der Waals surface area (Å²) in [7, 11) is 0. The van der Waals surface area contributed by atoms with Crippen LogP contribution in [0.5, 0.6) is 11.5 Å². The summed E-state index contributed by atoms with van der Waals surface area (Å²) in [6.07, 6.45) is 0. The molecule has 0 aliphatic heterocycles. The Kier molecular flexibility index (Phi) is 6.68. The predicted molar refractivity (Wildman–Crippen MR) is 100 cm³/mol. The van der Waals surface area contributed by atoms with Crippen molar-refractivity contribution < 1.29 is 18.6 Å². The van der Waals surface area contributed by atoms with E-state index >= 15 is 0 Å². The zero-order valence-corrected chi connectivity index (χ0v) is 14.0. The highest BCUT2D eigenvalue weighted by Crippen LogP contribution is 2.23. The van der Waals surface area contributed by atoms with Gasteiger partial charge in [-0.25, -0.2) is 0 Å². The molecule has 4 rings (SSSR count). The van der Waals surface area contributed by atoms with Gasteiger partial charge in [-0.1, -0.05) is 72.8 Å². The van der Waals surface area contributed by atoms with E-state index in [0.717, 1.165) is 21.5 Å². The molecule has 0 saturated heterocycles. The van der Waals surface area contributed by atoms with Crippen LogP contribution in [0.25, 0.3) is 21.5 Å². The molecule has 0 unspecified atom stereocenters. The Balaban J connectivity index is 0.000000156. The summed E-state index contributed by atoms with van der Waals surface area (Å²) in [6, 6.07) is 26.6. The first-order valence-corrected chi connectivity index (χ1v) is 8.09. The van der Waals surface area contributed by atoms with Crippen molar-refractivity contribution in [1.29, 1.82) is 0 Å². The maximum atomic E-state index is 9.37. The molecular weight excluding hydrogens is 336 g/mol. The van der Waals surface area contributed by atoms with E-state index in [-0.39, 0.29) is 0 Å². The van der Waals surface area contributed by atoms with E-state index in [1.54, 1.807) is 12.1 Å². The molecule has 4 aromatic carbocycles. The molecule has 0 spiro atoms. The van der Waals surface area contributed by atoms with Crippen LogP contribution in [-0.2, 0) is 11.6 Å². The third-order valence-electron chi connectivity index (χ3n) is 3.53. The van der Waals surface area contributed by atoms with E-state index < -0.39 is 11.6 Å². The summed E-state index contributed by atoms with van der Waals surface area (Å²) >= 11 is -0.750. The summed E-state index contributed by atoms with van der Waals surface area (Å²) in [4.78, 5) is 0. The number of hydrogen-bond acceptors (Lipinski definition) is 4. The summed E-state index contributed by atoms with van der Waals surface area (Å²) in [5.41, 5.74) is 0. The Labute approximate surface area is 148 Å². The lowest BCUT2D eigenvalue weighted by atomic mass is 10.1. The molecule has 0 aliphatic rings. The van der Waals surface area contributed by atoms with E-state index in [2.05, 4.69) is 0 Å². The molecular formula is C20H16O4S. The lowest BCUT2D eigenvalue weighted by Gasteiger charge is -1.97. The predicted octanol–water partition coefficient (Wildman–Crippen LogP) is 4.42. The van der Waals surface area contributed by atoms with Gasteiger partial charge in [0.2, 0.25) is 0 Å². The third-order valence-corrected chi connectivity index (χ3v) is 3.53. The number of benzene rings is 4. The van der Waals surface area contributed by atoms with Crippen LogP contribution >= 0.6 is 0 Å². The monoisotopic (exact) mass is 352 g/mol. The quantitative estimate of drug-likeness (QED) is 0.491. The summed E-state index contributed by atoms with van der Waals surface area (Å²) in [5, 5.41) is 22.7. The molecule has 0 heterocycles. The fourth-order valence-corrected chi connectivity index (χ4v) is 2.42. The molecule has 0 amide bonds. The van der Waals surface area contributed by atoms with Gasteiger partial charge in [0.15, 0.2) is 0 Å². The number of rotatable bonds is 0. The van der Waals surface area contributed by atoms with Gasteiger partial charge in [-0.3, -0.25) is 0 Å². The lowest BCUT2D eigenvalue weighted by Crippen LogP contribution is -1.70. The highest BCUT2D eigenvalue weighted by Gasteiger charge is 1.95. The van der Waals surface area contributed by atoms with Gasteiger partial charge in [0, 0.05) is 10.8 Å². The fraction of sp³-hybridized carbons (Fsp3) is 0. The van der Waals surface area contributed by atoms with Crippen LogP contribution in [0.4, 0.5) is 0 Å². The van der Waals surface area contributed by atoms with Crippen LogP contribution in [0.15, 0.2) is 84.9 Å². The molecule has 126 valence electrons. The van der Waals surface area contributed by atoms with Crippen LogP contribution in [0.1, 0.15) is 0 Å². The second-order valence-electron chi connectivity index (χ2n) is 5.06. The molecule has 0 aromatic heterocycles. The van der Waals surface area contributed by atoms with Crippen molar-refractivity contribution in [2.24, 2.45) is 0 Å². The van der Waals surface area contributed by atoms with Crippen molar-refractivity contribution in [2.75, 3.05) is 0 Å². The summed E-state index contributed by atoms with van der Waals surface area (Å²) < 4.78 is 16.6. The maximum absolute atomic E-state index is 9.37. The Morgan fingerprint density at radius 1 is 0.520 bits per heavy atom. The van der Waals surface area contributed by atoms with Crippen molar-refractivity contribution in [3.05, 3.63) is 84.9 Å². The zero-order chi connectivity index (χ0) is 18.1. The average molecular weight is 352 g/mol. The Morgan fingerprint density at radius 2 is 0.840 bits per heavy atom. The van der Waals surface area contributed by atoms with Gasteiger partial charge in [0.25, 0.3) is 0 Å². The molecule has 25 heavy (non-hydrogen) atoms. The Hall–Kier alpha value is -3.18. The Bertz CT molecular complexity index is 921. The molecule has 0 fully saturated rings. The number of phenolic OH excluding ortho intramolecular Hbond substituents is 2. The maximum Gasteiger partial charge on any atom is 0.335 e. The van der Waals surface area contributed by atoms with Crippen LogP contribution in [0, 0.1) is 0 Å². The second-order valence-corrected chi connectivity index (χ2v) is 5.20. The zero-order valence-electron chi connectivity index (χ0n) is 13.2. The van der Waals surface area contributed by atoms with Crippen molar-refractivity contribution in [3.63, 3.8) is 0 Å². The molecule has 0 radical (unpaired) electrons. The topological polar surface area (TPSA) is 74.6 Å². The molecule has 4 aromatic rings. The second kappa shape index (κ2) is 9.20. The number of hydrogen-bond donors (Lipinski definition) is 2. The minimum absolute atomic E-state index is 0.350. The van der Waals surface area contributed by atoms with Crippen molar-refractivity contribution in [1.82, 2.24) is 0 Å². The van der Waals surface area contributed by atoms with Crippen molar-refractivity contribution >= 4 is 33.1 Å². The lowest BCUT2D eigenvalue weighted by molar-refractivity contribution is 0.481. The largest absolute Gasteiger partial charge is 0.507 e. The highest BCUT2D eigenvalue weighted by molar-refractivity contribution is 7.51. The smallest absolute Gasteiger partial charge is 0.335 e. The van der Waals surface area contributed by atoms with Crippen molar-refractivity contribution in [3.8, 4) is 11.5 Å². The molecule has 4 nitrogen and oxygen atoms in total. The molecule has 5 heteroatoms. The Morgan fingerprint density at radius 3 is 1.20 bits per heavy atom. The van der Waals surface area contributed by atoms with Gasteiger partial charge in [0.05, 0.1) is 0 Å². The summed E-state index contributed by atoms with van der Waals surface area (Å²) in [5.74, 6) is 0.700. The van der Waals surface area contributed by atoms with Gasteiger partial charge in [0.1, 0.15) is 11.5 Å². The van der Waals surface area contributed by atoms with E-state index in [4.69, 9.17) is 8.42 Å². The van der Waals surface area contributed by atoms with Crippen molar-refractivity contribution in [2.45, 2.75) is 0 Å². The minimum atomic E-state index is -0.750. The fourth-order valence-electron chi connectivity index (χ4n) is 2.42. The molecule has 0 atom stereocenters. The number of phenols is 2. The van der Waals surface area contributed by atoms with Gasteiger partial charge in [-0.05, 0) is 22.9 Å². The number of aromatic hydroxyl groups is 2. The van der Waals surface area contributed by atoms with E-state index in [1.165, 1.54) is 0 Å². The summed E-state index contributed by atoms with van der Waals surface area (Å²) in [6.45, 7) is 0. The van der Waals surface area contributed by atoms with Gasteiger partial charge in [-0.15, -0.1) is 0 Å². The van der Waals surface area contributed by atoms with Gasteiger partial charge >= 0.3 is 11.6 Å². The third kappa shape index (κ3) is 4.89. The van der Waals surface area contributed by atoms with Crippen LogP contribution in [0.2, 0.25) is 0 Å². The first-order chi connectivity index (χ1) is 12.2. The van der Waals surface area contributed by atoms with E-state index in [1.807, 2.05) is 72.8 Å². The first kappa shape index (κ1) is 18.2. The molecule has 0 aliphatic carbocycles. The SMILES string of the molecule is O=S=O.Oc1cccc2ccccc12.Oc1cccc2ccccc12. The molecule has 2 N–H and O–H groups in total. The minimum Gasteiger partial charge on any atom is -0.507 e. The van der Waals surface area contributed by atoms with Crippen LogP contribution in [0.3, 0.4) is 0 Å². The van der Waals surface area contributed by atoms with Gasteiger partial charge in [-0.2, -0.15) is 8.42 Å². The van der Waals surface area contributed by atoms with E-state index in [9.17, 15) is 10.2 Å². The first-order valence-electron chi connectivity index (χ1n) is 7.42. The van der Waals surface area contributed by atoms with E-state index in [0.29, 0.717) is 11.5 Å². The molecule has 0 saturated carbocycles. The van der Waals surface area contributed by atoms with Crippen LogP contribution in [-0.4, -0.2) is 18.6 Å². The van der Waals surface area contributed by atoms with Gasteiger partial charge < -0.3 is 10.2 Å².